The van der Waals surface area contributed by atoms with Crippen LogP contribution in [0.3, 0.4) is 0 Å². The summed E-state index contributed by atoms with van der Waals surface area (Å²) in [7, 11) is 0. The predicted molar refractivity (Wildman–Crippen MR) is 40.7 cm³/mol. The third-order valence-corrected chi connectivity index (χ3v) is 1.30. The molecule has 62 valence electrons. The fraction of sp³-hybridized carbons (Fsp3) is 1.00. The highest BCUT2D eigenvalue weighted by Gasteiger charge is 1.88. The van der Waals surface area contributed by atoms with Gasteiger partial charge in [0.25, 0.3) is 0 Å². The highest BCUT2D eigenvalue weighted by atomic mass is 32.2. The Morgan fingerprint density at radius 2 is 2.10 bits per heavy atom. The largest absolute Gasteiger partial charge is 0.329 e. The van der Waals surface area contributed by atoms with Crippen LogP contribution < -0.4 is 15.8 Å². The van der Waals surface area contributed by atoms with Gasteiger partial charge >= 0.3 is 0 Å². The lowest BCUT2D eigenvalue weighted by atomic mass is 10.6. The van der Waals surface area contributed by atoms with Crippen molar-refractivity contribution in [2.75, 3.05) is 26.2 Å². The number of rotatable bonds is 6. The molecular formula is C4H13N3O2S. The van der Waals surface area contributed by atoms with Crippen molar-refractivity contribution in [3.8, 4) is 0 Å². The molecule has 0 aromatic heterocycles. The molecule has 0 radical (unpaired) electrons. The number of nitrogens with two attached hydrogens (primary N) is 1. The summed E-state index contributed by atoms with van der Waals surface area (Å²) in [4.78, 5) is 0. The van der Waals surface area contributed by atoms with Crippen LogP contribution in [0.1, 0.15) is 0 Å². The Labute approximate surface area is 62.8 Å². The Hall–Kier alpha value is -0.0100. The third kappa shape index (κ3) is 7.99. The quantitative estimate of drug-likeness (QED) is 0.279. The van der Waals surface area contributed by atoms with Gasteiger partial charge in [0.05, 0.1) is 0 Å². The fourth-order valence-electron chi connectivity index (χ4n) is 0.454. The maximum atomic E-state index is 9.98. The lowest BCUT2D eigenvalue weighted by Gasteiger charge is -2.00. The molecule has 0 bridgehead atoms. The fourth-order valence-corrected chi connectivity index (χ4v) is 0.730. The van der Waals surface area contributed by atoms with E-state index in [1.54, 1.807) is 0 Å². The lowest BCUT2D eigenvalue weighted by Crippen LogP contribution is -2.31. The van der Waals surface area contributed by atoms with Gasteiger partial charge in [-0.1, -0.05) is 0 Å². The van der Waals surface area contributed by atoms with E-state index in [-0.39, 0.29) is 0 Å². The standard InChI is InChI=1S/C4H13N3O2S/c5-1-2-6-3-4-7-10(8)9/h6-7H,1-5H2,(H,8,9). The Kier molecular flexibility index (Phi) is 7.09. The van der Waals surface area contributed by atoms with Gasteiger partial charge in [-0.3, -0.25) is 4.55 Å². The van der Waals surface area contributed by atoms with E-state index in [1.165, 1.54) is 0 Å². The summed E-state index contributed by atoms with van der Waals surface area (Å²) in [5.41, 5.74) is 5.18. The third-order valence-electron chi connectivity index (χ3n) is 0.848. The van der Waals surface area contributed by atoms with Gasteiger partial charge in [-0.25, -0.2) is 8.93 Å². The van der Waals surface area contributed by atoms with E-state index in [9.17, 15) is 4.21 Å². The van der Waals surface area contributed by atoms with Gasteiger partial charge in [-0.2, -0.15) is 0 Å². The van der Waals surface area contributed by atoms with E-state index in [1.807, 2.05) is 0 Å². The number of hydrogen-bond acceptors (Lipinski definition) is 3. The molecule has 0 amide bonds. The Morgan fingerprint density at radius 1 is 1.40 bits per heavy atom. The van der Waals surface area contributed by atoms with Crippen molar-refractivity contribution >= 4 is 11.3 Å². The van der Waals surface area contributed by atoms with Crippen LogP contribution in [0.5, 0.6) is 0 Å². The maximum absolute atomic E-state index is 9.98. The van der Waals surface area contributed by atoms with E-state index in [2.05, 4.69) is 10.0 Å². The van der Waals surface area contributed by atoms with Crippen LogP contribution in [-0.2, 0) is 11.3 Å². The monoisotopic (exact) mass is 167 g/mol. The van der Waals surface area contributed by atoms with Crippen LogP contribution in [-0.4, -0.2) is 34.9 Å². The molecule has 1 atom stereocenters. The van der Waals surface area contributed by atoms with Crippen LogP contribution >= 0.6 is 0 Å². The molecule has 5 nitrogen and oxygen atoms in total. The van der Waals surface area contributed by atoms with Gasteiger partial charge in [-0.15, -0.1) is 0 Å². The van der Waals surface area contributed by atoms with E-state index in [4.69, 9.17) is 10.3 Å². The van der Waals surface area contributed by atoms with E-state index in [0.29, 0.717) is 19.6 Å². The molecule has 0 aromatic carbocycles. The Morgan fingerprint density at radius 3 is 2.60 bits per heavy atom. The lowest BCUT2D eigenvalue weighted by molar-refractivity contribution is 0.545. The zero-order chi connectivity index (χ0) is 7.82. The van der Waals surface area contributed by atoms with Gasteiger partial charge in [0, 0.05) is 26.2 Å². The van der Waals surface area contributed by atoms with Gasteiger partial charge in [0.2, 0.25) is 11.3 Å². The highest BCUT2D eigenvalue weighted by molar-refractivity contribution is 7.77. The number of nitrogens with one attached hydrogen (secondary N) is 2. The number of hydrogen-bond donors (Lipinski definition) is 4. The second-order valence-corrected chi connectivity index (χ2v) is 2.47. The molecule has 0 rings (SSSR count). The average molecular weight is 167 g/mol. The maximum Gasteiger partial charge on any atom is 0.231 e. The first-order valence-corrected chi connectivity index (χ1v) is 4.13. The molecule has 0 aliphatic carbocycles. The minimum Gasteiger partial charge on any atom is -0.329 e. The van der Waals surface area contributed by atoms with Crippen LogP contribution in [0.15, 0.2) is 0 Å². The van der Waals surface area contributed by atoms with Crippen molar-refractivity contribution in [2.24, 2.45) is 5.73 Å². The molecule has 10 heavy (non-hydrogen) atoms. The molecule has 0 fully saturated rings. The summed E-state index contributed by atoms with van der Waals surface area (Å²) in [6.07, 6.45) is 0. The molecule has 6 heteroatoms. The van der Waals surface area contributed by atoms with Gasteiger partial charge in [0.15, 0.2) is 0 Å². The molecule has 5 N–H and O–H groups in total. The predicted octanol–water partition coefficient (Wildman–Crippen LogP) is -1.74. The summed E-state index contributed by atoms with van der Waals surface area (Å²) in [6.45, 7) is 2.45. The van der Waals surface area contributed by atoms with E-state index < -0.39 is 11.3 Å². The molecule has 0 heterocycles. The first-order valence-electron chi connectivity index (χ1n) is 3.02. The van der Waals surface area contributed by atoms with Crippen molar-refractivity contribution in [1.29, 1.82) is 0 Å². The summed E-state index contributed by atoms with van der Waals surface area (Å²) >= 11 is -1.89. The summed E-state index contributed by atoms with van der Waals surface area (Å²) in [5, 5.41) is 2.96. The van der Waals surface area contributed by atoms with Crippen LogP contribution in [0.2, 0.25) is 0 Å². The summed E-state index contributed by atoms with van der Waals surface area (Å²) < 4.78 is 20.5. The molecular weight excluding hydrogens is 154 g/mol. The zero-order valence-electron chi connectivity index (χ0n) is 5.67. The van der Waals surface area contributed by atoms with E-state index in [0.717, 1.165) is 6.54 Å². The summed E-state index contributed by atoms with van der Waals surface area (Å²) in [5.74, 6) is 0. The molecule has 0 saturated heterocycles. The zero-order valence-corrected chi connectivity index (χ0v) is 6.49. The summed E-state index contributed by atoms with van der Waals surface area (Å²) in [6, 6.07) is 0. The first kappa shape index (κ1) is 9.99. The van der Waals surface area contributed by atoms with E-state index >= 15 is 0 Å². The highest BCUT2D eigenvalue weighted by Crippen LogP contribution is 1.61. The topological polar surface area (TPSA) is 87.4 Å². The molecule has 1 unspecified atom stereocenters. The average Bonchev–Trinajstić information content (AvgIpc) is 1.87. The molecule has 0 spiro atoms. The molecule has 0 saturated carbocycles. The second-order valence-electron chi connectivity index (χ2n) is 1.68. The molecule has 0 aromatic rings. The van der Waals surface area contributed by atoms with Crippen molar-refractivity contribution in [2.45, 2.75) is 0 Å². The molecule has 0 aliphatic heterocycles. The van der Waals surface area contributed by atoms with Crippen molar-refractivity contribution in [3.63, 3.8) is 0 Å². The normalized spacial score (nSPS) is 13.4. The Balaban J connectivity index is 2.84. The van der Waals surface area contributed by atoms with Crippen molar-refractivity contribution in [3.05, 3.63) is 0 Å². The SMILES string of the molecule is NCCNCCNS(=O)O. The van der Waals surface area contributed by atoms with Crippen molar-refractivity contribution < 1.29 is 8.76 Å². The minimum absolute atomic E-state index is 0.475. The molecule has 0 aliphatic rings. The minimum atomic E-state index is -1.89. The van der Waals surface area contributed by atoms with Gasteiger partial charge < -0.3 is 11.1 Å². The van der Waals surface area contributed by atoms with Gasteiger partial charge in [0.1, 0.15) is 0 Å². The van der Waals surface area contributed by atoms with Crippen LogP contribution in [0.25, 0.3) is 0 Å². The van der Waals surface area contributed by atoms with Crippen LogP contribution in [0.4, 0.5) is 0 Å². The van der Waals surface area contributed by atoms with Crippen molar-refractivity contribution in [1.82, 2.24) is 10.0 Å². The van der Waals surface area contributed by atoms with Gasteiger partial charge in [-0.05, 0) is 0 Å². The Bertz CT molecular complexity index is 101. The second kappa shape index (κ2) is 7.10. The van der Waals surface area contributed by atoms with Crippen LogP contribution in [0, 0.1) is 0 Å². The first-order chi connectivity index (χ1) is 4.77. The smallest absolute Gasteiger partial charge is 0.231 e.